The van der Waals surface area contributed by atoms with E-state index < -0.39 is 5.97 Å². The van der Waals surface area contributed by atoms with Gasteiger partial charge < -0.3 is 5.11 Å². The van der Waals surface area contributed by atoms with E-state index in [0.717, 1.165) is 11.1 Å². The lowest BCUT2D eigenvalue weighted by atomic mass is 9.98. The van der Waals surface area contributed by atoms with E-state index >= 15 is 0 Å². The largest absolute Gasteiger partial charge is 0.478 e. The van der Waals surface area contributed by atoms with Crippen LogP contribution in [0.15, 0.2) is 29.8 Å². The number of carbonyl (C=O) groups is 1. The van der Waals surface area contributed by atoms with E-state index in [1.165, 1.54) is 0 Å². The third-order valence-electron chi connectivity index (χ3n) is 2.30. The molecule has 0 amide bonds. The number of aliphatic carboxylic acids is 1. The van der Waals surface area contributed by atoms with Crippen LogP contribution >= 0.6 is 11.6 Å². The second kappa shape index (κ2) is 4.99. The normalized spacial score (nSPS) is 12.2. The van der Waals surface area contributed by atoms with E-state index in [9.17, 15) is 4.79 Å². The number of rotatable bonds is 3. The molecule has 2 nitrogen and oxygen atoms in total. The van der Waals surface area contributed by atoms with Crippen molar-refractivity contribution in [3.8, 4) is 0 Å². The minimum absolute atomic E-state index is 0.375. The van der Waals surface area contributed by atoms with E-state index in [4.69, 9.17) is 16.7 Å². The topological polar surface area (TPSA) is 37.3 Å². The SMILES string of the molecule is CC/C(=C(/C)C(=O)O)c1cccc(Cl)c1. The number of carboxylic acids is 1. The summed E-state index contributed by atoms with van der Waals surface area (Å²) in [4.78, 5) is 10.9. The molecule has 0 aliphatic rings. The predicted molar refractivity (Wildman–Crippen MR) is 62.0 cm³/mol. The van der Waals surface area contributed by atoms with Crippen LogP contribution in [0.3, 0.4) is 0 Å². The lowest BCUT2D eigenvalue weighted by Gasteiger charge is -2.08. The van der Waals surface area contributed by atoms with Crippen LogP contribution in [0.2, 0.25) is 5.02 Å². The molecule has 15 heavy (non-hydrogen) atoms. The number of hydrogen-bond acceptors (Lipinski definition) is 1. The summed E-state index contributed by atoms with van der Waals surface area (Å²) < 4.78 is 0. The van der Waals surface area contributed by atoms with Gasteiger partial charge in [0.2, 0.25) is 0 Å². The van der Waals surface area contributed by atoms with Crippen molar-refractivity contribution in [2.24, 2.45) is 0 Å². The molecule has 0 atom stereocenters. The highest BCUT2D eigenvalue weighted by Crippen LogP contribution is 2.24. The van der Waals surface area contributed by atoms with E-state index in [1.807, 2.05) is 19.1 Å². The number of benzene rings is 1. The minimum Gasteiger partial charge on any atom is -0.478 e. The van der Waals surface area contributed by atoms with Crippen molar-refractivity contribution >= 4 is 23.1 Å². The number of hydrogen-bond donors (Lipinski definition) is 1. The van der Waals surface area contributed by atoms with Crippen molar-refractivity contribution in [1.82, 2.24) is 0 Å². The van der Waals surface area contributed by atoms with Crippen molar-refractivity contribution in [2.75, 3.05) is 0 Å². The Morgan fingerprint density at radius 1 is 1.47 bits per heavy atom. The standard InChI is InChI=1S/C12H13ClO2/c1-3-11(8(2)12(14)15)9-5-4-6-10(13)7-9/h4-7H,3H2,1-2H3,(H,14,15)/b11-8+. The summed E-state index contributed by atoms with van der Waals surface area (Å²) >= 11 is 5.86. The van der Waals surface area contributed by atoms with Gasteiger partial charge in [0.05, 0.1) is 0 Å². The van der Waals surface area contributed by atoms with Crippen LogP contribution in [-0.4, -0.2) is 11.1 Å². The Hall–Kier alpha value is -1.28. The molecule has 0 unspecified atom stereocenters. The molecular weight excluding hydrogens is 212 g/mol. The fourth-order valence-corrected chi connectivity index (χ4v) is 1.68. The average molecular weight is 225 g/mol. The number of allylic oxidation sites excluding steroid dienone is 1. The predicted octanol–water partition coefficient (Wildman–Crippen LogP) is 3.61. The van der Waals surface area contributed by atoms with Gasteiger partial charge in [-0.2, -0.15) is 0 Å². The number of carboxylic acid groups (broad SMARTS) is 1. The first-order chi connectivity index (χ1) is 7.06. The summed E-state index contributed by atoms with van der Waals surface area (Å²) in [6, 6.07) is 7.25. The first kappa shape index (κ1) is 11.8. The Balaban J connectivity index is 3.24. The molecule has 0 fully saturated rings. The highest BCUT2D eigenvalue weighted by molar-refractivity contribution is 6.30. The zero-order valence-electron chi connectivity index (χ0n) is 8.75. The van der Waals surface area contributed by atoms with Crippen LogP contribution in [0, 0.1) is 0 Å². The Bertz CT molecular complexity index is 408. The van der Waals surface area contributed by atoms with Gasteiger partial charge in [0.1, 0.15) is 0 Å². The first-order valence-corrected chi connectivity index (χ1v) is 5.13. The highest BCUT2D eigenvalue weighted by Gasteiger charge is 2.09. The zero-order valence-corrected chi connectivity index (χ0v) is 9.51. The summed E-state index contributed by atoms with van der Waals surface area (Å²) in [5.74, 6) is -0.883. The van der Waals surface area contributed by atoms with Crippen LogP contribution in [0.4, 0.5) is 0 Å². The van der Waals surface area contributed by atoms with Gasteiger partial charge in [-0.25, -0.2) is 4.79 Å². The Morgan fingerprint density at radius 3 is 2.60 bits per heavy atom. The maximum absolute atomic E-state index is 10.9. The van der Waals surface area contributed by atoms with Gasteiger partial charge >= 0.3 is 5.97 Å². The Labute approximate surface area is 94.2 Å². The third kappa shape index (κ3) is 2.83. The first-order valence-electron chi connectivity index (χ1n) is 4.75. The van der Waals surface area contributed by atoms with Crippen LogP contribution in [0.5, 0.6) is 0 Å². The Morgan fingerprint density at radius 2 is 2.13 bits per heavy atom. The van der Waals surface area contributed by atoms with Gasteiger partial charge in [-0.1, -0.05) is 30.7 Å². The quantitative estimate of drug-likeness (QED) is 0.797. The lowest BCUT2D eigenvalue weighted by molar-refractivity contribution is -0.132. The summed E-state index contributed by atoms with van der Waals surface area (Å²) in [6.45, 7) is 3.55. The second-order valence-electron chi connectivity index (χ2n) is 3.27. The molecule has 1 aromatic rings. The van der Waals surface area contributed by atoms with Gasteiger partial charge in [-0.3, -0.25) is 0 Å². The van der Waals surface area contributed by atoms with Gasteiger partial charge in [-0.05, 0) is 36.6 Å². The van der Waals surface area contributed by atoms with Crippen LogP contribution < -0.4 is 0 Å². The molecule has 0 saturated heterocycles. The average Bonchev–Trinajstić information content (AvgIpc) is 2.18. The fraction of sp³-hybridized carbons (Fsp3) is 0.250. The molecule has 0 aliphatic heterocycles. The second-order valence-corrected chi connectivity index (χ2v) is 3.71. The molecule has 1 aromatic carbocycles. The van der Waals surface area contributed by atoms with Crippen molar-refractivity contribution < 1.29 is 9.90 Å². The van der Waals surface area contributed by atoms with Crippen molar-refractivity contribution in [3.05, 3.63) is 40.4 Å². The maximum atomic E-state index is 10.9. The van der Waals surface area contributed by atoms with Crippen molar-refractivity contribution in [2.45, 2.75) is 20.3 Å². The lowest BCUT2D eigenvalue weighted by Crippen LogP contribution is -2.00. The van der Waals surface area contributed by atoms with Crippen molar-refractivity contribution in [3.63, 3.8) is 0 Å². The molecular formula is C12H13ClO2. The van der Waals surface area contributed by atoms with Gasteiger partial charge in [0.15, 0.2) is 0 Å². The monoisotopic (exact) mass is 224 g/mol. The van der Waals surface area contributed by atoms with Crippen LogP contribution in [-0.2, 0) is 4.79 Å². The zero-order chi connectivity index (χ0) is 11.4. The molecule has 1 rings (SSSR count). The molecule has 0 radical (unpaired) electrons. The van der Waals surface area contributed by atoms with Gasteiger partial charge in [0, 0.05) is 10.6 Å². The smallest absolute Gasteiger partial charge is 0.331 e. The molecule has 0 aliphatic carbocycles. The summed E-state index contributed by atoms with van der Waals surface area (Å²) in [6.07, 6.45) is 0.679. The molecule has 0 spiro atoms. The summed E-state index contributed by atoms with van der Waals surface area (Å²) in [5, 5.41) is 9.55. The highest BCUT2D eigenvalue weighted by atomic mass is 35.5. The molecule has 80 valence electrons. The van der Waals surface area contributed by atoms with Crippen LogP contribution in [0.25, 0.3) is 5.57 Å². The molecule has 0 bridgehead atoms. The summed E-state index contributed by atoms with van der Waals surface area (Å²) in [5.41, 5.74) is 2.08. The van der Waals surface area contributed by atoms with E-state index in [1.54, 1.807) is 19.1 Å². The fourth-order valence-electron chi connectivity index (χ4n) is 1.49. The van der Waals surface area contributed by atoms with Gasteiger partial charge in [-0.15, -0.1) is 0 Å². The van der Waals surface area contributed by atoms with E-state index in [-0.39, 0.29) is 0 Å². The van der Waals surface area contributed by atoms with E-state index in [2.05, 4.69) is 0 Å². The molecule has 0 saturated carbocycles. The molecule has 1 N–H and O–H groups in total. The minimum atomic E-state index is -0.883. The van der Waals surface area contributed by atoms with E-state index in [0.29, 0.717) is 17.0 Å². The molecule has 3 heteroatoms. The third-order valence-corrected chi connectivity index (χ3v) is 2.54. The maximum Gasteiger partial charge on any atom is 0.331 e. The van der Waals surface area contributed by atoms with Gasteiger partial charge in [0.25, 0.3) is 0 Å². The Kier molecular flexibility index (Phi) is 3.92. The number of halogens is 1. The molecule has 0 heterocycles. The van der Waals surface area contributed by atoms with Crippen molar-refractivity contribution in [1.29, 1.82) is 0 Å². The molecule has 0 aromatic heterocycles. The van der Waals surface area contributed by atoms with Crippen LogP contribution in [0.1, 0.15) is 25.8 Å². The summed E-state index contributed by atoms with van der Waals surface area (Å²) in [7, 11) is 0.